The van der Waals surface area contributed by atoms with Crippen molar-refractivity contribution in [3.63, 3.8) is 0 Å². The zero-order chi connectivity index (χ0) is 25.4. The van der Waals surface area contributed by atoms with Gasteiger partial charge in [-0.3, -0.25) is 0 Å². The molecule has 0 aliphatic heterocycles. The number of carbonyl (C=O) groups is 1. The van der Waals surface area contributed by atoms with E-state index in [1.165, 1.54) is 30.3 Å². The molecule has 194 valence electrons. The lowest BCUT2D eigenvalue weighted by atomic mass is 10.1. The Morgan fingerprint density at radius 2 is 1.69 bits per heavy atom. The Morgan fingerprint density at radius 1 is 1.00 bits per heavy atom. The quantitative estimate of drug-likeness (QED) is 0.234. The topological polar surface area (TPSA) is 116 Å². The Balaban J connectivity index is 0.00000456. The fourth-order valence-electron chi connectivity index (χ4n) is 3.56. The first kappa shape index (κ1) is 29.6. The lowest BCUT2D eigenvalue weighted by molar-refractivity contribution is 0.0697. The van der Waals surface area contributed by atoms with Crippen LogP contribution in [0.25, 0.3) is 0 Å². The normalized spacial score (nSPS) is 12.0. The number of hydrogen-bond donors (Lipinski definition) is 4. The van der Waals surface area contributed by atoms with Crippen LogP contribution in [-0.4, -0.2) is 44.2 Å². The summed E-state index contributed by atoms with van der Waals surface area (Å²) in [7, 11) is -3.87. The Labute approximate surface area is 222 Å². The van der Waals surface area contributed by atoms with Crippen molar-refractivity contribution in [2.45, 2.75) is 35.7 Å². The average Bonchev–Trinajstić information content (AvgIpc) is 2.85. The summed E-state index contributed by atoms with van der Waals surface area (Å²) >= 11 is 5.96. The zero-order valence-corrected chi connectivity index (χ0v) is 22.2. The highest BCUT2D eigenvalue weighted by Crippen LogP contribution is 2.26. The molecule has 0 heterocycles. The molecule has 0 amide bonds. The molecule has 0 bridgehead atoms. The van der Waals surface area contributed by atoms with E-state index < -0.39 is 21.9 Å². The van der Waals surface area contributed by atoms with Crippen molar-refractivity contribution in [1.29, 1.82) is 0 Å². The van der Waals surface area contributed by atoms with E-state index in [2.05, 4.69) is 10.6 Å². The monoisotopic (exact) mass is 552 g/mol. The van der Waals surface area contributed by atoms with Crippen LogP contribution in [0.15, 0.2) is 76.5 Å². The van der Waals surface area contributed by atoms with E-state index in [0.717, 1.165) is 17.5 Å². The van der Waals surface area contributed by atoms with Gasteiger partial charge in [0.15, 0.2) is 0 Å². The Hall–Kier alpha value is -2.62. The molecule has 0 aromatic heterocycles. The highest BCUT2D eigenvalue weighted by molar-refractivity contribution is 7.91. The molecule has 4 N–H and O–H groups in total. The smallest absolute Gasteiger partial charge is 0.337 e. The molecule has 3 aromatic rings. The number of carboxylic acids is 1. The van der Waals surface area contributed by atoms with Gasteiger partial charge < -0.3 is 20.8 Å². The SMILES string of the molecule is CCCNc1ccc(S(=O)(=O)c2ccc(CCNC[C@@H](O)c3cccc(Cl)c3)cc2)cc1C(=O)O.Cl. The summed E-state index contributed by atoms with van der Waals surface area (Å²) in [5.41, 5.74) is 1.97. The summed E-state index contributed by atoms with van der Waals surface area (Å²) in [4.78, 5) is 11.7. The molecule has 0 fully saturated rings. The van der Waals surface area contributed by atoms with E-state index in [1.807, 2.05) is 13.0 Å². The largest absolute Gasteiger partial charge is 0.478 e. The van der Waals surface area contributed by atoms with Crippen molar-refractivity contribution < 1.29 is 23.4 Å². The summed E-state index contributed by atoms with van der Waals surface area (Å²) in [5, 5.41) is 26.5. The first-order valence-corrected chi connectivity index (χ1v) is 13.2. The standard InChI is InChI=1S/C26H29ClN2O5S.ClH/c1-2-13-29-24-11-10-22(16-23(24)26(31)32)35(33,34)21-8-6-18(7-9-21)12-14-28-17-25(30)19-4-3-5-20(27)15-19;/h3-11,15-16,25,28-30H,2,12-14,17H2,1H3,(H,31,32);1H/t25-;/m1./s1. The molecule has 0 saturated carbocycles. The summed E-state index contributed by atoms with van der Waals surface area (Å²) in [6.07, 6.45) is 0.771. The third kappa shape index (κ3) is 7.69. The van der Waals surface area contributed by atoms with Crippen molar-refractivity contribution in [2.75, 3.05) is 25.0 Å². The molecular formula is C26H30Cl2N2O5S. The van der Waals surface area contributed by atoms with Gasteiger partial charge in [0.1, 0.15) is 0 Å². The minimum Gasteiger partial charge on any atom is -0.478 e. The van der Waals surface area contributed by atoms with E-state index in [9.17, 15) is 23.4 Å². The zero-order valence-electron chi connectivity index (χ0n) is 19.8. The van der Waals surface area contributed by atoms with E-state index in [1.54, 1.807) is 30.3 Å². The second-order valence-electron chi connectivity index (χ2n) is 8.11. The number of sulfone groups is 1. The number of aromatic carboxylic acids is 1. The van der Waals surface area contributed by atoms with Crippen LogP contribution in [0.1, 0.15) is 40.9 Å². The number of nitrogens with one attached hydrogen (secondary N) is 2. The van der Waals surface area contributed by atoms with Crippen LogP contribution in [0.2, 0.25) is 5.02 Å². The van der Waals surface area contributed by atoms with E-state index in [4.69, 9.17) is 11.6 Å². The molecule has 0 aliphatic carbocycles. The van der Waals surface area contributed by atoms with Crippen molar-refractivity contribution >= 4 is 45.5 Å². The van der Waals surface area contributed by atoms with Gasteiger partial charge in [0.25, 0.3) is 0 Å². The minimum atomic E-state index is -3.87. The van der Waals surface area contributed by atoms with Gasteiger partial charge in [-0.15, -0.1) is 12.4 Å². The number of aliphatic hydroxyl groups is 1. The summed E-state index contributed by atoms with van der Waals surface area (Å²) in [5.74, 6) is -1.19. The maximum absolute atomic E-state index is 13.1. The lowest BCUT2D eigenvalue weighted by Crippen LogP contribution is -2.23. The van der Waals surface area contributed by atoms with Crippen LogP contribution in [0.5, 0.6) is 0 Å². The second-order valence-corrected chi connectivity index (χ2v) is 10.5. The number of aliphatic hydroxyl groups excluding tert-OH is 1. The predicted molar refractivity (Wildman–Crippen MR) is 144 cm³/mol. The van der Waals surface area contributed by atoms with Gasteiger partial charge in [-0.2, -0.15) is 0 Å². The summed E-state index contributed by atoms with van der Waals surface area (Å²) in [6, 6.07) is 17.7. The van der Waals surface area contributed by atoms with Crippen molar-refractivity contribution in [3.05, 3.63) is 88.4 Å². The number of halogens is 2. The molecule has 0 unspecified atom stereocenters. The Bertz CT molecular complexity index is 1270. The van der Waals surface area contributed by atoms with Crippen molar-refractivity contribution in [2.24, 2.45) is 0 Å². The van der Waals surface area contributed by atoms with Gasteiger partial charge in [-0.25, -0.2) is 13.2 Å². The van der Waals surface area contributed by atoms with Crippen LogP contribution in [0.3, 0.4) is 0 Å². The molecule has 3 rings (SSSR count). The molecule has 36 heavy (non-hydrogen) atoms. The van der Waals surface area contributed by atoms with E-state index >= 15 is 0 Å². The average molecular weight is 554 g/mol. The molecule has 3 aromatic carbocycles. The van der Waals surface area contributed by atoms with Crippen molar-refractivity contribution in [1.82, 2.24) is 5.32 Å². The molecule has 0 aliphatic rings. The number of anilines is 1. The molecule has 0 spiro atoms. The van der Waals surface area contributed by atoms with Gasteiger partial charge in [0.2, 0.25) is 9.84 Å². The molecular weight excluding hydrogens is 523 g/mol. The van der Waals surface area contributed by atoms with Crippen LogP contribution < -0.4 is 10.6 Å². The van der Waals surface area contributed by atoms with Crippen LogP contribution in [0, 0.1) is 0 Å². The fourth-order valence-corrected chi connectivity index (χ4v) is 5.04. The first-order valence-electron chi connectivity index (χ1n) is 11.3. The van der Waals surface area contributed by atoms with Crippen LogP contribution >= 0.6 is 24.0 Å². The lowest BCUT2D eigenvalue weighted by Gasteiger charge is -2.13. The Kier molecular flexibility index (Phi) is 11.2. The van der Waals surface area contributed by atoms with Crippen LogP contribution in [0.4, 0.5) is 5.69 Å². The van der Waals surface area contributed by atoms with Gasteiger partial charge in [-0.1, -0.05) is 42.8 Å². The van der Waals surface area contributed by atoms with Gasteiger partial charge in [-0.05, 0) is 73.0 Å². The molecule has 7 nitrogen and oxygen atoms in total. The second kappa shape index (κ2) is 13.6. The highest BCUT2D eigenvalue weighted by atomic mass is 35.5. The third-order valence-electron chi connectivity index (χ3n) is 5.49. The third-order valence-corrected chi connectivity index (χ3v) is 7.49. The maximum Gasteiger partial charge on any atom is 0.337 e. The first-order chi connectivity index (χ1) is 16.7. The van der Waals surface area contributed by atoms with E-state index in [-0.39, 0.29) is 27.8 Å². The molecule has 0 radical (unpaired) electrons. The maximum atomic E-state index is 13.1. The van der Waals surface area contributed by atoms with Gasteiger partial charge in [0, 0.05) is 23.8 Å². The number of hydrogen-bond acceptors (Lipinski definition) is 6. The van der Waals surface area contributed by atoms with Gasteiger partial charge >= 0.3 is 5.97 Å². The molecule has 0 saturated heterocycles. The summed E-state index contributed by atoms with van der Waals surface area (Å²) < 4.78 is 26.2. The highest BCUT2D eigenvalue weighted by Gasteiger charge is 2.21. The van der Waals surface area contributed by atoms with E-state index in [0.29, 0.717) is 36.8 Å². The minimum absolute atomic E-state index is 0. The number of carboxylic acid groups (broad SMARTS) is 1. The fraction of sp³-hybridized carbons (Fsp3) is 0.269. The van der Waals surface area contributed by atoms with Gasteiger partial charge in [0.05, 0.1) is 21.5 Å². The predicted octanol–water partition coefficient (Wildman–Crippen LogP) is 4.98. The summed E-state index contributed by atoms with van der Waals surface area (Å²) in [6.45, 7) is 3.50. The van der Waals surface area contributed by atoms with Crippen molar-refractivity contribution in [3.8, 4) is 0 Å². The number of rotatable bonds is 12. The molecule has 10 heteroatoms. The molecule has 1 atom stereocenters. The van der Waals surface area contributed by atoms with Crippen LogP contribution in [-0.2, 0) is 16.3 Å². The Morgan fingerprint density at radius 3 is 2.33 bits per heavy atom. The number of benzene rings is 3.